The van der Waals surface area contributed by atoms with Crippen LogP contribution in [0.5, 0.6) is 0 Å². The van der Waals surface area contributed by atoms with Crippen molar-refractivity contribution < 1.29 is 14.0 Å². The number of nitrogens with zero attached hydrogens (tertiary/aromatic N) is 2. The highest BCUT2D eigenvalue weighted by Gasteiger charge is 2.24. The van der Waals surface area contributed by atoms with Crippen LogP contribution in [0.15, 0.2) is 36.5 Å². The Hall–Kier alpha value is -2.27. The first kappa shape index (κ1) is 16.6. The van der Waals surface area contributed by atoms with Crippen molar-refractivity contribution in [2.45, 2.75) is 38.6 Å². The molecule has 3 rings (SSSR count). The molecule has 0 bridgehead atoms. The van der Waals surface area contributed by atoms with Crippen molar-refractivity contribution in [1.82, 2.24) is 10.0 Å². The molecule has 126 valence electrons. The fourth-order valence-electron chi connectivity index (χ4n) is 3.20. The van der Waals surface area contributed by atoms with E-state index in [9.17, 15) is 9.18 Å². The van der Waals surface area contributed by atoms with Crippen LogP contribution in [0.4, 0.5) is 4.39 Å². The normalized spacial score (nSPS) is 14.3. The number of rotatable bonds is 5. The van der Waals surface area contributed by atoms with Crippen molar-refractivity contribution in [3.63, 3.8) is 0 Å². The molecule has 1 atom stereocenters. The first-order valence-corrected chi connectivity index (χ1v) is 8.19. The average molecular weight is 328 g/mol. The smallest absolute Gasteiger partial charge is 0.274 e. The number of halogens is 1. The molecular formula is C19H21FN2O2. The number of aryl methyl sites for hydroxylation is 2. The van der Waals surface area contributed by atoms with E-state index in [4.69, 9.17) is 4.84 Å². The topological polar surface area (TPSA) is 42.4 Å². The van der Waals surface area contributed by atoms with E-state index in [0.717, 1.165) is 30.5 Å². The van der Waals surface area contributed by atoms with Crippen LogP contribution in [0, 0.1) is 5.82 Å². The van der Waals surface area contributed by atoms with Crippen LogP contribution in [0.25, 0.3) is 0 Å². The lowest BCUT2D eigenvalue weighted by molar-refractivity contribution is -0.119. The second kappa shape index (κ2) is 7.09. The summed E-state index contributed by atoms with van der Waals surface area (Å²) in [5.74, 6) is -0.518. The van der Waals surface area contributed by atoms with Gasteiger partial charge in [-0.15, -0.1) is 0 Å². The summed E-state index contributed by atoms with van der Waals surface area (Å²) in [7, 11) is 1.45. The predicted octanol–water partition coefficient (Wildman–Crippen LogP) is 3.34. The lowest BCUT2D eigenvalue weighted by Crippen LogP contribution is -2.39. The van der Waals surface area contributed by atoms with Crippen molar-refractivity contribution in [2.24, 2.45) is 0 Å². The van der Waals surface area contributed by atoms with E-state index in [1.54, 1.807) is 24.4 Å². The quantitative estimate of drug-likeness (QED) is 0.791. The number of hydroxylamine groups is 2. The maximum absolute atomic E-state index is 13.8. The number of carbonyl (C=O) groups excluding carboxylic acids is 1. The number of amides is 1. The Morgan fingerprint density at radius 2 is 2.17 bits per heavy atom. The number of benzene rings is 1. The molecule has 0 aliphatic heterocycles. The molecule has 1 aromatic heterocycles. The van der Waals surface area contributed by atoms with Gasteiger partial charge in [-0.25, -0.2) is 9.45 Å². The van der Waals surface area contributed by atoms with Crippen molar-refractivity contribution in [1.29, 1.82) is 0 Å². The average Bonchev–Trinajstić information content (AvgIpc) is 3.05. The molecule has 0 radical (unpaired) electrons. The van der Waals surface area contributed by atoms with Crippen LogP contribution in [0.2, 0.25) is 0 Å². The fraction of sp³-hybridized carbons (Fsp3) is 0.368. The molecule has 4 nitrogen and oxygen atoms in total. The van der Waals surface area contributed by atoms with E-state index in [-0.39, 0.29) is 17.8 Å². The second-order valence-electron chi connectivity index (χ2n) is 6.14. The maximum atomic E-state index is 13.8. The molecule has 0 spiro atoms. The Morgan fingerprint density at radius 3 is 2.92 bits per heavy atom. The third-order valence-corrected chi connectivity index (χ3v) is 4.44. The summed E-state index contributed by atoms with van der Waals surface area (Å²) in [4.78, 5) is 22.4. The third-order valence-electron chi connectivity index (χ3n) is 4.44. The Morgan fingerprint density at radius 1 is 1.38 bits per heavy atom. The zero-order chi connectivity index (χ0) is 17.1. The van der Waals surface area contributed by atoms with Gasteiger partial charge < -0.3 is 0 Å². The van der Waals surface area contributed by atoms with Crippen LogP contribution in [0.3, 0.4) is 0 Å². The molecule has 2 aromatic rings. The minimum absolute atomic E-state index is 0.247. The number of fused-ring (bicyclic) bond motifs is 1. The number of carbonyl (C=O) groups is 1. The van der Waals surface area contributed by atoms with E-state index in [1.807, 2.05) is 13.0 Å². The van der Waals surface area contributed by atoms with Crippen LogP contribution >= 0.6 is 0 Å². The van der Waals surface area contributed by atoms with Crippen molar-refractivity contribution in [2.75, 3.05) is 7.11 Å². The maximum Gasteiger partial charge on any atom is 0.279 e. The number of aromatic nitrogens is 1. The molecular weight excluding hydrogens is 307 g/mol. The monoisotopic (exact) mass is 328 g/mol. The fourth-order valence-corrected chi connectivity index (χ4v) is 3.20. The lowest BCUT2D eigenvalue weighted by atomic mass is 10.1. The number of hydrogen-bond donors (Lipinski definition) is 0. The summed E-state index contributed by atoms with van der Waals surface area (Å²) in [6.45, 7) is 1.84. The van der Waals surface area contributed by atoms with Crippen molar-refractivity contribution in [3.05, 3.63) is 64.7 Å². The minimum Gasteiger partial charge on any atom is -0.274 e. The Labute approximate surface area is 141 Å². The molecule has 0 N–H and O–H groups in total. The minimum atomic E-state index is -0.298. The van der Waals surface area contributed by atoms with E-state index < -0.39 is 0 Å². The lowest BCUT2D eigenvalue weighted by Gasteiger charge is -2.27. The summed E-state index contributed by atoms with van der Waals surface area (Å²) in [5.41, 5.74) is 3.29. The van der Waals surface area contributed by atoms with Crippen molar-refractivity contribution in [3.8, 4) is 0 Å². The molecule has 1 amide bonds. The largest absolute Gasteiger partial charge is 0.279 e. The van der Waals surface area contributed by atoms with Gasteiger partial charge in [0.1, 0.15) is 5.82 Å². The SMILES string of the molecule is CON(C(=O)c1cnc2c(c1)CCC2)C(C)Cc1ccccc1F. The first-order chi connectivity index (χ1) is 11.6. The Kier molecular flexibility index (Phi) is 4.90. The highest BCUT2D eigenvalue weighted by molar-refractivity contribution is 5.93. The highest BCUT2D eigenvalue weighted by atomic mass is 19.1. The zero-order valence-electron chi connectivity index (χ0n) is 14.0. The summed E-state index contributed by atoms with van der Waals surface area (Å²) in [6, 6.07) is 8.19. The molecule has 0 saturated heterocycles. The molecule has 1 unspecified atom stereocenters. The molecule has 1 aliphatic carbocycles. The zero-order valence-corrected chi connectivity index (χ0v) is 14.0. The van der Waals surface area contributed by atoms with Gasteiger partial charge in [-0.05, 0) is 55.9 Å². The van der Waals surface area contributed by atoms with Crippen molar-refractivity contribution >= 4 is 5.91 Å². The van der Waals surface area contributed by atoms with Crippen LogP contribution in [-0.2, 0) is 24.1 Å². The molecule has 0 saturated carbocycles. The molecule has 1 heterocycles. The van der Waals surface area contributed by atoms with Crippen LogP contribution in [0.1, 0.15) is 40.5 Å². The van der Waals surface area contributed by atoms with Gasteiger partial charge in [0.15, 0.2) is 0 Å². The first-order valence-electron chi connectivity index (χ1n) is 8.19. The van der Waals surface area contributed by atoms with Gasteiger partial charge in [0.25, 0.3) is 5.91 Å². The summed E-state index contributed by atoms with van der Waals surface area (Å²) >= 11 is 0. The summed E-state index contributed by atoms with van der Waals surface area (Å²) < 4.78 is 13.8. The van der Waals surface area contributed by atoms with Gasteiger partial charge in [0, 0.05) is 11.9 Å². The van der Waals surface area contributed by atoms with Gasteiger partial charge in [0.05, 0.1) is 18.7 Å². The highest BCUT2D eigenvalue weighted by Crippen LogP contribution is 2.22. The van der Waals surface area contributed by atoms with E-state index in [0.29, 0.717) is 17.5 Å². The van der Waals surface area contributed by atoms with Gasteiger partial charge in [-0.3, -0.25) is 14.6 Å². The Balaban J connectivity index is 1.77. The molecule has 1 aromatic carbocycles. The Bertz CT molecular complexity index is 748. The predicted molar refractivity (Wildman–Crippen MR) is 89.0 cm³/mol. The van der Waals surface area contributed by atoms with E-state index in [1.165, 1.54) is 18.2 Å². The van der Waals surface area contributed by atoms with Gasteiger partial charge >= 0.3 is 0 Å². The van der Waals surface area contributed by atoms with Crippen LogP contribution < -0.4 is 0 Å². The number of pyridine rings is 1. The van der Waals surface area contributed by atoms with E-state index in [2.05, 4.69) is 4.98 Å². The van der Waals surface area contributed by atoms with Crippen LogP contribution in [-0.4, -0.2) is 29.1 Å². The molecule has 0 fully saturated rings. The second-order valence-corrected chi connectivity index (χ2v) is 6.14. The standard InChI is InChI=1S/C19H21FN2O2/c1-13(10-14-6-3-4-8-17(14)20)22(24-2)19(23)16-11-15-7-5-9-18(15)21-12-16/h3-4,6,8,11-13H,5,7,9-10H2,1-2H3. The van der Waals surface area contributed by atoms with Gasteiger partial charge in [0.2, 0.25) is 0 Å². The van der Waals surface area contributed by atoms with E-state index >= 15 is 0 Å². The van der Waals surface area contributed by atoms with Gasteiger partial charge in [-0.1, -0.05) is 18.2 Å². The van der Waals surface area contributed by atoms with Gasteiger partial charge in [-0.2, -0.15) is 0 Å². The molecule has 1 aliphatic rings. The molecule has 24 heavy (non-hydrogen) atoms. The summed E-state index contributed by atoms with van der Waals surface area (Å²) in [5, 5.41) is 1.30. The third kappa shape index (κ3) is 3.31. The summed E-state index contributed by atoms with van der Waals surface area (Å²) in [6.07, 6.45) is 5.00. The number of hydrogen-bond acceptors (Lipinski definition) is 3. The molecule has 5 heteroatoms.